The molecule has 1 fully saturated rings. The van der Waals surface area contributed by atoms with Gasteiger partial charge >= 0.3 is 0 Å². The number of likely N-dealkylation sites (tertiary alicyclic amines) is 1. The Bertz CT molecular complexity index is 605. The lowest BCUT2D eigenvalue weighted by Crippen LogP contribution is -2.28. The Balaban J connectivity index is 2.00. The van der Waals surface area contributed by atoms with E-state index in [4.69, 9.17) is 0 Å². The second kappa shape index (κ2) is 4.74. The fourth-order valence-electron chi connectivity index (χ4n) is 2.81. The molecule has 0 saturated carbocycles. The molecule has 5 nitrogen and oxygen atoms in total. The van der Waals surface area contributed by atoms with Crippen LogP contribution in [-0.4, -0.2) is 44.9 Å². The van der Waals surface area contributed by atoms with Gasteiger partial charge in [-0.2, -0.15) is 0 Å². The van der Waals surface area contributed by atoms with Crippen LogP contribution in [0.1, 0.15) is 42.5 Å². The fraction of sp³-hybridized carbons (Fsp3) is 0.500. The number of hydrogen-bond acceptors (Lipinski definition) is 4. The Hall–Kier alpha value is -1.75. The molecule has 1 unspecified atom stereocenters. The van der Waals surface area contributed by atoms with Crippen LogP contribution >= 0.6 is 0 Å². The molecule has 2 aromatic heterocycles. The highest BCUT2D eigenvalue weighted by Crippen LogP contribution is 2.27. The van der Waals surface area contributed by atoms with Gasteiger partial charge in [-0.15, -0.1) is 10.2 Å². The zero-order valence-corrected chi connectivity index (χ0v) is 11.3. The van der Waals surface area contributed by atoms with E-state index in [9.17, 15) is 4.79 Å². The van der Waals surface area contributed by atoms with Gasteiger partial charge in [0.1, 0.15) is 5.82 Å². The van der Waals surface area contributed by atoms with E-state index in [1.54, 1.807) is 0 Å². The van der Waals surface area contributed by atoms with Crippen LogP contribution in [0.3, 0.4) is 0 Å². The standard InChI is InChI=1S/C14H18N4O/c1-10(2)17-7-6-11(8-17)14-16-15-13-5-3-4-12(9-19)18(13)14/h3-5,9-11H,6-8H2,1-2H3. The van der Waals surface area contributed by atoms with E-state index in [0.29, 0.717) is 17.7 Å². The third kappa shape index (κ3) is 2.04. The lowest BCUT2D eigenvalue weighted by molar-refractivity contribution is 0.111. The van der Waals surface area contributed by atoms with Gasteiger partial charge in [0, 0.05) is 18.5 Å². The number of carbonyl (C=O) groups excluding carboxylic acids is 1. The Labute approximate surface area is 112 Å². The summed E-state index contributed by atoms with van der Waals surface area (Å²) >= 11 is 0. The highest BCUT2D eigenvalue weighted by Gasteiger charge is 2.29. The molecule has 0 radical (unpaired) electrons. The molecule has 3 heterocycles. The number of fused-ring (bicyclic) bond motifs is 1. The van der Waals surface area contributed by atoms with E-state index in [2.05, 4.69) is 28.9 Å². The second-order valence-corrected chi connectivity index (χ2v) is 5.39. The Morgan fingerprint density at radius 2 is 2.21 bits per heavy atom. The first kappa shape index (κ1) is 12.3. The van der Waals surface area contributed by atoms with Crippen molar-refractivity contribution in [1.29, 1.82) is 0 Å². The third-order valence-corrected chi connectivity index (χ3v) is 3.92. The number of pyridine rings is 1. The molecule has 0 amide bonds. The van der Waals surface area contributed by atoms with Gasteiger partial charge in [0.15, 0.2) is 11.9 Å². The molecule has 3 rings (SSSR count). The van der Waals surface area contributed by atoms with Crippen molar-refractivity contribution in [3.8, 4) is 0 Å². The van der Waals surface area contributed by atoms with Crippen LogP contribution in [0.2, 0.25) is 0 Å². The summed E-state index contributed by atoms with van der Waals surface area (Å²) in [7, 11) is 0. The van der Waals surface area contributed by atoms with Crippen LogP contribution in [-0.2, 0) is 0 Å². The largest absolute Gasteiger partial charge is 0.300 e. The maximum atomic E-state index is 11.2. The highest BCUT2D eigenvalue weighted by molar-refractivity contribution is 5.74. The van der Waals surface area contributed by atoms with E-state index < -0.39 is 0 Å². The zero-order valence-electron chi connectivity index (χ0n) is 11.3. The average Bonchev–Trinajstić information content (AvgIpc) is 3.04. The first-order valence-electron chi connectivity index (χ1n) is 6.74. The Morgan fingerprint density at radius 3 is 2.89 bits per heavy atom. The molecule has 5 heteroatoms. The number of aldehydes is 1. The first-order chi connectivity index (χ1) is 9.20. The monoisotopic (exact) mass is 258 g/mol. The summed E-state index contributed by atoms with van der Waals surface area (Å²) in [6.45, 7) is 6.49. The number of nitrogens with zero attached hydrogens (tertiary/aromatic N) is 4. The summed E-state index contributed by atoms with van der Waals surface area (Å²) < 4.78 is 1.89. The van der Waals surface area contributed by atoms with E-state index in [1.807, 2.05) is 22.6 Å². The van der Waals surface area contributed by atoms with Crippen molar-refractivity contribution < 1.29 is 4.79 Å². The van der Waals surface area contributed by atoms with Crippen molar-refractivity contribution in [2.75, 3.05) is 13.1 Å². The van der Waals surface area contributed by atoms with Crippen molar-refractivity contribution in [3.63, 3.8) is 0 Å². The van der Waals surface area contributed by atoms with Gasteiger partial charge in [0.25, 0.3) is 0 Å². The number of rotatable bonds is 3. The predicted octanol–water partition coefficient (Wildman–Crippen LogP) is 1.74. The normalized spacial score (nSPS) is 20.5. The van der Waals surface area contributed by atoms with Crippen molar-refractivity contribution in [2.45, 2.75) is 32.2 Å². The van der Waals surface area contributed by atoms with Gasteiger partial charge in [0.2, 0.25) is 0 Å². The lowest BCUT2D eigenvalue weighted by atomic mass is 10.1. The molecule has 1 aliphatic rings. The second-order valence-electron chi connectivity index (χ2n) is 5.39. The Kier molecular flexibility index (Phi) is 3.06. The zero-order chi connectivity index (χ0) is 13.4. The van der Waals surface area contributed by atoms with Crippen LogP contribution in [0.5, 0.6) is 0 Å². The van der Waals surface area contributed by atoms with E-state index in [1.165, 1.54) is 0 Å². The molecule has 1 aliphatic heterocycles. The molecule has 0 N–H and O–H groups in total. The number of carbonyl (C=O) groups is 1. The molecule has 1 atom stereocenters. The molecular weight excluding hydrogens is 240 g/mol. The minimum absolute atomic E-state index is 0.360. The summed E-state index contributed by atoms with van der Waals surface area (Å²) in [5.74, 6) is 1.28. The van der Waals surface area contributed by atoms with Crippen molar-refractivity contribution in [3.05, 3.63) is 29.7 Å². The topological polar surface area (TPSA) is 50.5 Å². The smallest absolute Gasteiger partial charge is 0.166 e. The minimum Gasteiger partial charge on any atom is -0.300 e. The molecule has 100 valence electrons. The van der Waals surface area contributed by atoms with Gasteiger partial charge in [-0.3, -0.25) is 9.20 Å². The molecule has 0 aliphatic carbocycles. The van der Waals surface area contributed by atoms with Crippen LogP contribution < -0.4 is 0 Å². The average molecular weight is 258 g/mol. The summed E-state index contributed by atoms with van der Waals surface area (Å²) in [6.07, 6.45) is 1.95. The van der Waals surface area contributed by atoms with Crippen molar-refractivity contribution in [2.24, 2.45) is 0 Å². The summed E-state index contributed by atoms with van der Waals surface area (Å²) in [5, 5.41) is 8.48. The summed E-state index contributed by atoms with van der Waals surface area (Å²) in [4.78, 5) is 13.6. The van der Waals surface area contributed by atoms with Crippen molar-refractivity contribution in [1.82, 2.24) is 19.5 Å². The van der Waals surface area contributed by atoms with Gasteiger partial charge in [0.05, 0.1) is 5.69 Å². The minimum atomic E-state index is 0.360. The number of aromatic nitrogens is 3. The number of hydrogen-bond donors (Lipinski definition) is 0. The van der Waals surface area contributed by atoms with Crippen LogP contribution in [0.4, 0.5) is 0 Å². The summed E-state index contributed by atoms with van der Waals surface area (Å²) in [6, 6.07) is 6.09. The van der Waals surface area contributed by atoms with Crippen LogP contribution in [0.25, 0.3) is 5.65 Å². The summed E-state index contributed by atoms with van der Waals surface area (Å²) in [5.41, 5.74) is 1.38. The predicted molar refractivity (Wildman–Crippen MR) is 72.4 cm³/mol. The SMILES string of the molecule is CC(C)N1CCC(c2nnc3cccc(C=O)n23)C1. The molecule has 0 bridgehead atoms. The maximum Gasteiger partial charge on any atom is 0.166 e. The van der Waals surface area contributed by atoms with Gasteiger partial charge in [-0.25, -0.2) is 0 Å². The van der Waals surface area contributed by atoms with Gasteiger partial charge < -0.3 is 4.90 Å². The van der Waals surface area contributed by atoms with Crippen LogP contribution in [0.15, 0.2) is 18.2 Å². The fourth-order valence-corrected chi connectivity index (χ4v) is 2.81. The quantitative estimate of drug-likeness (QED) is 0.787. The highest BCUT2D eigenvalue weighted by atomic mass is 16.1. The molecule has 19 heavy (non-hydrogen) atoms. The third-order valence-electron chi connectivity index (χ3n) is 3.92. The molecular formula is C14H18N4O. The molecule has 0 aromatic carbocycles. The first-order valence-corrected chi connectivity index (χ1v) is 6.74. The van der Waals surface area contributed by atoms with E-state index >= 15 is 0 Å². The van der Waals surface area contributed by atoms with Crippen molar-refractivity contribution >= 4 is 11.9 Å². The van der Waals surface area contributed by atoms with Crippen LogP contribution in [0, 0.1) is 0 Å². The van der Waals surface area contributed by atoms with E-state index in [-0.39, 0.29) is 0 Å². The van der Waals surface area contributed by atoms with Gasteiger partial charge in [-0.05, 0) is 38.9 Å². The van der Waals surface area contributed by atoms with E-state index in [0.717, 1.165) is 37.3 Å². The molecule has 2 aromatic rings. The maximum absolute atomic E-state index is 11.2. The lowest BCUT2D eigenvalue weighted by Gasteiger charge is -2.19. The molecule has 0 spiro atoms. The Morgan fingerprint density at radius 1 is 1.37 bits per heavy atom. The molecule has 1 saturated heterocycles. The van der Waals surface area contributed by atoms with Gasteiger partial charge in [-0.1, -0.05) is 6.07 Å².